The van der Waals surface area contributed by atoms with E-state index >= 15 is 0 Å². The van der Waals surface area contributed by atoms with Gasteiger partial charge in [0.2, 0.25) is 0 Å². The van der Waals surface area contributed by atoms with Crippen LogP contribution in [0.2, 0.25) is 0 Å². The monoisotopic (exact) mass is 213 g/mol. The van der Waals surface area contributed by atoms with Crippen LogP contribution in [0.15, 0.2) is 36.9 Å². The van der Waals surface area contributed by atoms with Gasteiger partial charge in [0, 0.05) is 18.0 Å². The first-order valence-electron chi connectivity index (χ1n) is 4.68. The van der Waals surface area contributed by atoms with E-state index in [1.54, 1.807) is 30.6 Å². The van der Waals surface area contributed by atoms with Gasteiger partial charge in [-0.3, -0.25) is 9.36 Å². The summed E-state index contributed by atoms with van der Waals surface area (Å²) in [5.41, 5.74) is 1.97. The molecule has 0 atom stereocenters. The van der Waals surface area contributed by atoms with Gasteiger partial charge in [0.15, 0.2) is 0 Å². The summed E-state index contributed by atoms with van der Waals surface area (Å²) in [7, 11) is 0. The molecule has 3 rings (SSSR count). The van der Waals surface area contributed by atoms with Crippen molar-refractivity contribution in [2.45, 2.75) is 0 Å². The summed E-state index contributed by atoms with van der Waals surface area (Å²) in [4.78, 5) is 15.8. The van der Waals surface area contributed by atoms with Gasteiger partial charge in [0.05, 0.1) is 0 Å². The summed E-state index contributed by atoms with van der Waals surface area (Å²) in [6, 6.07) is 5.16. The van der Waals surface area contributed by atoms with Gasteiger partial charge in [0.1, 0.15) is 17.4 Å². The fourth-order valence-corrected chi connectivity index (χ4v) is 1.50. The Labute approximate surface area is 89.9 Å². The van der Waals surface area contributed by atoms with Crippen LogP contribution in [0, 0.1) is 0 Å². The lowest BCUT2D eigenvalue weighted by molar-refractivity contribution is 0.0960. The van der Waals surface area contributed by atoms with Crippen molar-refractivity contribution in [3.8, 4) is 0 Å². The molecule has 0 unspecified atom stereocenters. The highest BCUT2D eigenvalue weighted by molar-refractivity contribution is 5.98. The highest BCUT2D eigenvalue weighted by Crippen LogP contribution is 2.11. The number of nitrogens with one attached hydrogen (secondary N) is 1. The predicted octanol–water partition coefficient (Wildman–Crippen LogP) is 0.843. The molecule has 0 aliphatic carbocycles. The number of aromatic amines is 1. The van der Waals surface area contributed by atoms with Gasteiger partial charge in [-0.25, -0.2) is 4.98 Å². The average molecular weight is 213 g/mol. The van der Waals surface area contributed by atoms with Gasteiger partial charge >= 0.3 is 0 Å². The Kier molecular flexibility index (Phi) is 1.79. The molecule has 0 amide bonds. The molecule has 0 saturated carbocycles. The van der Waals surface area contributed by atoms with E-state index in [-0.39, 0.29) is 5.91 Å². The second-order valence-corrected chi connectivity index (χ2v) is 3.30. The number of H-pyrrole nitrogens is 1. The van der Waals surface area contributed by atoms with E-state index in [1.807, 2.05) is 0 Å². The number of hydrogen-bond donors (Lipinski definition) is 1. The van der Waals surface area contributed by atoms with Crippen LogP contribution in [0.1, 0.15) is 10.4 Å². The molecule has 2 heterocycles. The van der Waals surface area contributed by atoms with Crippen molar-refractivity contribution in [3.05, 3.63) is 42.5 Å². The molecule has 2 aromatic heterocycles. The van der Waals surface area contributed by atoms with Crippen molar-refractivity contribution in [2.24, 2.45) is 0 Å². The highest BCUT2D eigenvalue weighted by atomic mass is 16.2. The molecule has 0 aliphatic rings. The van der Waals surface area contributed by atoms with Gasteiger partial charge in [-0.15, -0.1) is 0 Å². The Balaban J connectivity index is 2.09. The van der Waals surface area contributed by atoms with Crippen LogP contribution < -0.4 is 0 Å². The number of aromatic nitrogens is 5. The van der Waals surface area contributed by atoms with Crippen LogP contribution >= 0.6 is 0 Å². The van der Waals surface area contributed by atoms with E-state index in [2.05, 4.69) is 20.4 Å². The van der Waals surface area contributed by atoms with E-state index in [0.29, 0.717) is 11.1 Å². The SMILES string of the molecule is O=C(c1ccc2n[nH]nc2c1)n1ccnc1. The van der Waals surface area contributed by atoms with Crippen molar-refractivity contribution in [1.82, 2.24) is 25.0 Å². The third kappa shape index (κ3) is 1.28. The van der Waals surface area contributed by atoms with Crippen LogP contribution in [0.3, 0.4) is 0 Å². The Bertz CT molecular complexity index is 640. The second-order valence-electron chi connectivity index (χ2n) is 3.30. The van der Waals surface area contributed by atoms with Gasteiger partial charge < -0.3 is 0 Å². The molecule has 0 radical (unpaired) electrons. The average Bonchev–Trinajstić information content (AvgIpc) is 2.98. The van der Waals surface area contributed by atoms with Gasteiger partial charge in [0.25, 0.3) is 5.91 Å². The van der Waals surface area contributed by atoms with Crippen LogP contribution in [0.4, 0.5) is 0 Å². The van der Waals surface area contributed by atoms with Gasteiger partial charge in [-0.2, -0.15) is 15.4 Å². The summed E-state index contributed by atoms with van der Waals surface area (Å²) in [6.45, 7) is 0. The van der Waals surface area contributed by atoms with E-state index in [4.69, 9.17) is 0 Å². The zero-order valence-electron chi connectivity index (χ0n) is 8.16. The molecule has 78 valence electrons. The van der Waals surface area contributed by atoms with E-state index in [9.17, 15) is 4.79 Å². The largest absolute Gasteiger partial charge is 0.272 e. The summed E-state index contributed by atoms with van der Waals surface area (Å²) in [5, 5.41) is 10.4. The lowest BCUT2D eigenvalue weighted by Crippen LogP contribution is -2.09. The number of hydrogen-bond acceptors (Lipinski definition) is 4. The molecule has 1 aromatic carbocycles. The summed E-state index contributed by atoms with van der Waals surface area (Å²) < 4.78 is 1.42. The molecule has 0 bridgehead atoms. The molecular weight excluding hydrogens is 206 g/mol. The Morgan fingerprint density at radius 2 is 2.12 bits per heavy atom. The maximum Gasteiger partial charge on any atom is 0.263 e. The molecular formula is C10H7N5O. The summed E-state index contributed by atoms with van der Waals surface area (Å²) in [5.74, 6) is -0.137. The minimum atomic E-state index is -0.137. The number of carbonyl (C=O) groups is 1. The third-order valence-electron chi connectivity index (χ3n) is 2.30. The summed E-state index contributed by atoms with van der Waals surface area (Å²) >= 11 is 0. The minimum Gasteiger partial charge on any atom is -0.272 e. The van der Waals surface area contributed by atoms with Crippen molar-refractivity contribution < 1.29 is 4.79 Å². The lowest BCUT2D eigenvalue weighted by atomic mass is 10.2. The minimum absolute atomic E-state index is 0.137. The number of rotatable bonds is 1. The Hall–Kier alpha value is -2.50. The zero-order valence-corrected chi connectivity index (χ0v) is 8.16. The van der Waals surface area contributed by atoms with Crippen LogP contribution in [0.25, 0.3) is 11.0 Å². The number of benzene rings is 1. The first-order chi connectivity index (χ1) is 7.84. The molecule has 0 fully saturated rings. The maximum absolute atomic E-state index is 11.9. The molecule has 1 N–H and O–H groups in total. The number of imidazole rings is 1. The standard InChI is InChI=1S/C10H7N5O/c16-10(15-4-3-11-6-15)7-1-2-8-9(5-7)13-14-12-8/h1-6H,(H,12,13,14). The number of nitrogens with zero attached hydrogens (tertiary/aromatic N) is 4. The molecule has 6 nitrogen and oxygen atoms in total. The van der Waals surface area contributed by atoms with Crippen molar-refractivity contribution in [3.63, 3.8) is 0 Å². The van der Waals surface area contributed by atoms with Crippen LogP contribution in [-0.4, -0.2) is 30.9 Å². The molecule has 6 heteroatoms. The zero-order chi connectivity index (χ0) is 11.0. The van der Waals surface area contributed by atoms with Crippen LogP contribution in [-0.2, 0) is 0 Å². The van der Waals surface area contributed by atoms with E-state index in [0.717, 1.165) is 5.52 Å². The third-order valence-corrected chi connectivity index (χ3v) is 2.30. The quantitative estimate of drug-likeness (QED) is 0.649. The molecule has 3 aromatic rings. The topological polar surface area (TPSA) is 76.5 Å². The van der Waals surface area contributed by atoms with Crippen molar-refractivity contribution in [1.29, 1.82) is 0 Å². The molecule has 16 heavy (non-hydrogen) atoms. The summed E-state index contributed by atoms with van der Waals surface area (Å²) in [6.07, 6.45) is 4.64. The van der Waals surface area contributed by atoms with E-state index < -0.39 is 0 Å². The maximum atomic E-state index is 11.9. The number of carbonyl (C=O) groups excluding carboxylic acids is 1. The number of fused-ring (bicyclic) bond motifs is 1. The fraction of sp³-hybridized carbons (Fsp3) is 0. The second kappa shape index (κ2) is 3.27. The predicted molar refractivity (Wildman–Crippen MR) is 55.8 cm³/mol. The highest BCUT2D eigenvalue weighted by Gasteiger charge is 2.09. The Morgan fingerprint density at radius 3 is 2.94 bits per heavy atom. The lowest BCUT2D eigenvalue weighted by Gasteiger charge is -1.99. The normalized spacial score (nSPS) is 10.8. The van der Waals surface area contributed by atoms with Crippen molar-refractivity contribution >= 4 is 16.9 Å². The van der Waals surface area contributed by atoms with Crippen molar-refractivity contribution in [2.75, 3.05) is 0 Å². The molecule has 0 saturated heterocycles. The van der Waals surface area contributed by atoms with E-state index in [1.165, 1.54) is 10.9 Å². The van der Waals surface area contributed by atoms with Crippen LogP contribution in [0.5, 0.6) is 0 Å². The molecule has 0 spiro atoms. The Morgan fingerprint density at radius 1 is 1.25 bits per heavy atom. The smallest absolute Gasteiger partial charge is 0.263 e. The first-order valence-corrected chi connectivity index (χ1v) is 4.68. The fourth-order valence-electron chi connectivity index (χ4n) is 1.50. The molecule has 0 aliphatic heterocycles. The van der Waals surface area contributed by atoms with Gasteiger partial charge in [-0.1, -0.05) is 0 Å². The first kappa shape index (κ1) is 8.78. The van der Waals surface area contributed by atoms with Gasteiger partial charge in [-0.05, 0) is 18.2 Å².